The van der Waals surface area contributed by atoms with E-state index in [0.29, 0.717) is 12.7 Å². The van der Waals surface area contributed by atoms with E-state index in [2.05, 4.69) is 10.00 Å². The fourth-order valence-corrected chi connectivity index (χ4v) is 2.29. The molecule has 1 aliphatic heterocycles. The van der Waals surface area contributed by atoms with Gasteiger partial charge in [0, 0.05) is 45.2 Å². The summed E-state index contributed by atoms with van der Waals surface area (Å²) in [4.78, 5) is 2.47. The van der Waals surface area contributed by atoms with Crippen molar-refractivity contribution in [2.24, 2.45) is 0 Å². The quantitative estimate of drug-likeness (QED) is 0.728. The molecule has 5 heteroatoms. The first kappa shape index (κ1) is 13.5. The van der Waals surface area contributed by atoms with Crippen LogP contribution in [0.2, 0.25) is 0 Å². The van der Waals surface area contributed by atoms with Crippen LogP contribution in [0.3, 0.4) is 0 Å². The minimum atomic E-state index is 0.225. The molecule has 1 aliphatic rings. The van der Waals surface area contributed by atoms with Gasteiger partial charge in [-0.15, -0.1) is 0 Å². The van der Waals surface area contributed by atoms with E-state index in [1.807, 2.05) is 23.1 Å². The van der Waals surface area contributed by atoms with Crippen LogP contribution in [-0.4, -0.2) is 58.7 Å². The number of aliphatic hydroxyl groups excluding tert-OH is 1. The van der Waals surface area contributed by atoms with E-state index < -0.39 is 0 Å². The zero-order valence-corrected chi connectivity index (χ0v) is 10.9. The standard InChI is InChI=1S/C13H23N3O2/c17-11-2-12-18-13-3-7-15(8-4-13)9-10-16-6-1-5-14-16/h1,5-6,13,17H,2-4,7-12H2. The Bertz CT molecular complexity index is 308. The monoisotopic (exact) mass is 253 g/mol. The summed E-state index contributed by atoms with van der Waals surface area (Å²) in [6, 6.07) is 1.96. The lowest BCUT2D eigenvalue weighted by atomic mass is 10.1. The molecule has 1 saturated heterocycles. The highest BCUT2D eigenvalue weighted by atomic mass is 16.5. The summed E-state index contributed by atoms with van der Waals surface area (Å²) in [7, 11) is 0. The number of aliphatic hydroxyl groups is 1. The van der Waals surface area contributed by atoms with Gasteiger partial charge in [0.1, 0.15) is 0 Å². The van der Waals surface area contributed by atoms with Gasteiger partial charge < -0.3 is 14.7 Å². The minimum Gasteiger partial charge on any atom is -0.396 e. The molecule has 0 saturated carbocycles. The fraction of sp³-hybridized carbons (Fsp3) is 0.769. The van der Waals surface area contributed by atoms with Gasteiger partial charge in [0.05, 0.1) is 12.6 Å². The summed E-state index contributed by atoms with van der Waals surface area (Å²) in [5.41, 5.74) is 0. The number of piperidine rings is 1. The maximum atomic E-state index is 8.70. The molecule has 0 atom stereocenters. The topological polar surface area (TPSA) is 50.5 Å². The number of likely N-dealkylation sites (tertiary alicyclic amines) is 1. The van der Waals surface area contributed by atoms with Crippen LogP contribution in [0, 0.1) is 0 Å². The molecule has 0 unspecified atom stereocenters. The highest BCUT2D eigenvalue weighted by Gasteiger charge is 2.19. The van der Waals surface area contributed by atoms with Gasteiger partial charge in [-0.1, -0.05) is 0 Å². The van der Waals surface area contributed by atoms with Gasteiger partial charge in [-0.2, -0.15) is 5.10 Å². The molecule has 0 amide bonds. The van der Waals surface area contributed by atoms with Crippen molar-refractivity contribution in [3.63, 3.8) is 0 Å². The van der Waals surface area contributed by atoms with Crippen LogP contribution in [0.5, 0.6) is 0 Å². The fourth-order valence-electron chi connectivity index (χ4n) is 2.29. The first-order valence-electron chi connectivity index (χ1n) is 6.81. The first-order chi connectivity index (χ1) is 8.88. The zero-order valence-electron chi connectivity index (χ0n) is 10.9. The van der Waals surface area contributed by atoms with Crippen molar-refractivity contribution in [2.75, 3.05) is 32.8 Å². The summed E-state index contributed by atoms with van der Waals surface area (Å²) in [6.45, 7) is 5.14. The Morgan fingerprint density at radius 3 is 2.78 bits per heavy atom. The number of hydrogen-bond donors (Lipinski definition) is 1. The summed E-state index contributed by atoms with van der Waals surface area (Å²) < 4.78 is 7.69. The molecule has 2 heterocycles. The number of nitrogens with zero attached hydrogens (tertiary/aromatic N) is 3. The van der Waals surface area contributed by atoms with E-state index in [4.69, 9.17) is 9.84 Å². The average Bonchev–Trinajstić information content (AvgIpc) is 2.91. The molecule has 0 aliphatic carbocycles. The predicted molar refractivity (Wildman–Crippen MR) is 69.3 cm³/mol. The Morgan fingerprint density at radius 2 is 2.11 bits per heavy atom. The van der Waals surface area contributed by atoms with E-state index in [0.717, 1.165) is 45.4 Å². The molecule has 102 valence electrons. The second-order valence-corrected chi connectivity index (χ2v) is 4.76. The molecule has 1 N–H and O–H groups in total. The van der Waals surface area contributed by atoms with Crippen LogP contribution in [0.25, 0.3) is 0 Å². The van der Waals surface area contributed by atoms with Crippen LogP contribution in [0.4, 0.5) is 0 Å². The lowest BCUT2D eigenvalue weighted by Gasteiger charge is -2.31. The molecule has 0 spiro atoms. The molecule has 1 aromatic heterocycles. The van der Waals surface area contributed by atoms with Crippen molar-refractivity contribution >= 4 is 0 Å². The molecule has 1 fully saturated rings. The van der Waals surface area contributed by atoms with Crippen LogP contribution in [0.1, 0.15) is 19.3 Å². The number of hydrogen-bond acceptors (Lipinski definition) is 4. The molecule has 0 aromatic carbocycles. The summed E-state index contributed by atoms with van der Waals surface area (Å²) in [5, 5.41) is 12.9. The van der Waals surface area contributed by atoms with Crippen molar-refractivity contribution in [1.82, 2.24) is 14.7 Å². The molecule has 5 nitrogen and oxygen atoms in total. The zero-order chi connectivity index (χ0) is 12.6. The van der Waals surface area contributed by atoms with Crippen LogP contribution >= 0.6 is 0 Å². The molecular weight excluding hydrogens is 230 g/mol. The van der Waals surface area contributed by atoms with Gasteiger partial charge in [-0.25, -0.2) is 0 Å². The molecular formula is C13H23N3O2. The van der Waals surface area contributed by atoms with Crippen molar-refractivity contribution in [2.45, 2.75) is 31.9 Å². The molecule has 2 rings (SSSR count). The van der Waals surface area contributed by atoms with E-state index in [1.165, 1.54) is 0 Å². The Labute approximate surface area is 108 Å². The average molecular weight is 253 g/mol. The molecule has 1 aromatic rings. The third-order valence-corrected chi connectivity index (χ3v) is 3.40. The molecule has 0 radical (unpaired) electrons. The Hall–Kier alpha value is -0.910. The summed E-state index contributed by atoms with van der Waals surface area (Å²) >= 11 is 0. The van der Waals surface area contributed by atoms with Gasteiger partial charge in [-0.3, -0.25) is 4.68 Å². The minimum absolute atomic E-state index is 0.225. The van der Waals surface area contributed by atoms with E-state index in [-0.39, 0.29) is 6.61 Å². The highest BCUT2D eigenvalue weighted by Crippen LogP contribution is 2.13. The molecule has 18 heavy (non-hydrogen) atoms. The van der Waals surface area contributed by atoms with E-state index in [9.17, 15) is 0 Å². The van der Waals surface area contributed by atoms with Crippen molar-refractivity contribution in [1.29, 1.82) is 0 Å². The first-order valence-corrected chi connectivity index (χ1v) is 6.81. The number of ether oxygens (including phenoxy) is 1. The highest BCUT2D eigenvalue weighted by molar-refractivity contribution is 4.78. The van der Waals surface area contributed by atoms with E-state index in [1.54, 1.807) is 0 Å². The van der Waals surface area contributed by atoms with Crippen molar-refractivity contribution < 1.29 is 9.84 Å². The second-order valence-electron chi connectivity index (χ2n) is 4.76. The summed E-state index contributed by atoms with van der Waals surface area (Å²) in [6.07, 6.45) is 7.16. The van der Waals surface area contributed by atoms with Crippen LogP contribution < -0.4 is 0 Å². The van der Waals surface area contributed by atoms with Gasteiger partial charge in [0.2, 0.25) is 0 Å². The third kappa shape index (κ3) is 4.40. The summed E-state index contributed by atoms with van der Waals surface area (Å²) in [5.74, 6) is 0. The normalized spacial score (nSPS) is 18.3. The lowest BCUT2D eigenvalue weighted by molar-refractivity contribution is 0.00166. The second kappa shape index (κ2) is 7.51. The van der Waals surface area contributed by atoms with Crippen molar-refractivity contribution in [3.05, 3.63) is 18.5 Å². The van der Waals surface area contributed by atoms with Crippen molar-refractivity contribution in [3.8, 4) is 0 Å². The van der Waals surface area contributed by atoms with Gasteiger partial charge >= 0.3 is 0 Å². The SMILES string of the molecule is OCCCOC1CCN(CCn2cccn2)CC1. The Kier molecular flexibility index (Phi) is 5.64. The molecule has 0 bridgehead atoms. The number of aromatic nitrogens is 2. The third-order valence-electron chi connectivity index (χ3n) is 3.40. The van der Waals surface area contributed by atoms with Gasteiger partial charge in [0.15, 0.2) is 0 Å². The van der Waals surface area contributed by atoms with Gasteiger partial charge in [0.25, 0.3) is 0 Å². The van der Waals surface area contributed by atoms with Crippen LogP contribution in [0.15, 0.2) is 18.5 Å². The Balaban J connectivity index is 1.58. The van der Waals surface area contributed by atoms with Crippen LogP contribution in [-0.2, 0) is 11.3 Å². The number of rotatable bonds is 7. The lowest BCUT2D eigenvalue weighted by Crippen LogP contribution is -2.38. The predicted octanol–water partition coefficient (Wildman–Crippen LogP) is 0.746. The largest absolute Gasteiger partial charge is 0.396 e. The van der Waals surface area contributed by atoms with Gasteiger partial charge in [-0.05, 0) is 25.3 Å². The maximum absolute atomic E-state index is 8.70. The van der Waals surface area contributed by atoms with E-state index >= 15 is 0 Å². The maximum Gasteiger partial charge on any atom is 0.0599 e. The Morgan fingerprint density at radius 1 is 1.28 bits per heavy atom. The smallest absolute Gasteiger partial charge is 0.0599 e.